The molecule has 1 atom stereocenters. The predicted octanol–water partition coefficient (Wildman–Crippen LogP) is 2.46. The van der Waals surface area contributed by atoms with Gasteiger partial charge in [0.2, 0.25) is 0 Å². The summed E-state index contributed by atoms with van der Waals surface area (Å²) in [6.45, 7) is 0. The Bertz CT molecular complexity index is 456. The first kappa shape index (κ1) is 10.8. The molecule has 0 aliphatic heterocycles. The molecule has 82 valence electrons. The largest absolute Gasteiger partial charge is 0.324 e. The lowest BCUT2D eigenvalue weighted by molar-refractivity contribution is 0.580. The Morgan fingerprint density at radius 2 is 1.88 bits per heavy atom. The molecule has 2 nitrogen and oxygen atoms in total. The van der Waals surface area contributed by atoms with Crippen molar-refractivity contribution in [2.45, 2.75) is 12.5 Å². The van der Waals surface area contributed by atoms with E-state index < -0.39 is 0 Å². The highest BCUT2D eigenvalue weighted by Crippen LogP contribution is 2.15. The normalized spacial score (nSPS) is 12.4. The Morgan fingerprint density at radius 3 is 2.56 bits per heavy atom. The fraction of sp³-hybridized carbons (Fsp3) is 0.154. The molecule has 0 amide bonds. The monoisotopic (exact) mass is 216 g/mol. The van der Waals surface area contributed by atoms with E-state index in [9.17, 15) is 4.39 Å². The van der Waals surface area contributed by atoms with Gasteiger partial charge in [0.15, 0.2) is 0 Å². The molecule has 0 saturated carbocycles. The molecule has 1 aromatic carbocycles. The molecule has 2 N–H and O–H groups in total. The van der Waals surface area contributed by atoms with Gasteiger partial charge in [-0.1, -0.05) is 30.3 Å². The first-order chi connectivity index (χ1) is 7.77. The number of rotatable bonds is 3. The van der Waals surface area contributed by atoms with Crippen molar-refractivity contribution in [1.29, 1.82) is 0 Å². The van der Waals surface area contributed by atoms with Crippen molar-refractivity contribution in [3.8, 4) is 0 Å². The van der Waals surface area contributed by atoms with E-state index in [2.05, 4.69) is 4.98 Å². The van der Waals surface area contributed by atoms with Gasteiger partial charge in [0.1, 0.15) is 5.82 Å². The van der Waals surface area contributed by atoms with Crippen LogP contribution in [0.5, 0.6) is 0 Å². The van der Waals surface area contributed by atoms with Crippen LogP contribution < -0.4 is 5.73 Å². The van der Waals surface area contributed by atoms with Gasteiger partial charge in [-0.3, -0.25) is 4.98 Å². The highest BCUT2D eigenvalue weighted by molar-refractivity contribution is 5.21. The minimum atomic E-state index is -0.297. The predicted molar refractivity (Wildman–Crippen MR) is 61.3 cm³/mol. The van der Waals surface area contributed by atoms with Crippen molar-refractivity contribution in [1.82, 2.24) is 4.98 Å². The summed E-state index contributed by atoms with van der Waals surface area (Å²) < 4.78 is 13.3. The van der Waals surface area contributed by atoms with E-state index in [-0.39, 0.29) is 11.9 Å². The zero-order valence-electron chi connectivity index (χ0n) is 8.81. The van der Waals surface area contributed by atoms with E-state index in [1.807, 2.05) is 30.3 Å². The van der Waals surface area contributed by atoms with Gasteiger partial charge in [-0.15, -0.1) is 0 Å². The van der Waals surface area contributed by atoms with Gasteiger partial charge in [0.25, 0.3) is 0 Å². The van der Waals surface area contributed by atoms with Crippen molar-refractivity contribution in [2.75, 3.05) is 0 Å². The summed E-state index contributed by atoms with van der Waals surface area (Å²) in [6.07, 6.45) is 1.99. The van der Waals surface area contributed by atoms with Gasteiger partial charge in [-0.25, -0.2) is 4.39 Å². The van der Waals surface area contributed by atoms with Crippen molar-refractivity contribution in [3.05, 3.63) is 65.7 Å². The Kier molecular flexibility index (Phi) is 3.27. The highest BCUT2D eigenvalue weighted by Gasteiger charge is 2.10. The molecular formula is C13H13FN2. The van der Waals surface area contributed by atoms with E-state index in [1.165, 1.54) is 6.07 Å². The Morgan fingerprint density at radius 1 is 1.12 bits per heavy atom. The molecule has 0 radical (unpaired) electrons. The Hall–Kier alpha value is -1.74. The molecule has 1 heterocycles. The fourth-order valence-corrected chi connectivity index (χ4v) is 1.59. The number of aromatic nitrogens is 1. The molecule has 1 aromatic heterocycles. The number of nitrogens with two attached hydrogens (primary N) is 1. The maximum absolute atomic E-state index is 13.3. The van der Waals surface area contributed by atoms with Crippen LogP contribution in [-0.4, -0.2) is 4.98 Å². The van der Waals surface area contributed by atoms with Crippen molar-refractivity contribution in [2.24, 2.45) is 5.73 Å². The van der Waals surface area contributed by atoms with Crippen LogP contribution in [0, 0.1) is 5.82 Å². The van der Waals surface area contributed by atoms with Crippen molar-refractivity contribution >= 4 is 0 Å². The van der Waals surface area contributed by atoms with Crippen molar-refractivity contribution in [3.63, 3.8) is 0 Å². The molecular weight excluding hydrogens is 203 g/mol. The standard InChI is InChI=1S/C13H13FN2/c14-11-7-4-8-16-13(11)9-12(15)10-5-2-1-3-6-10/h1-8,12H,9,15H2. The summed E-state index contributed by atoms with van der Waals surface area (Å²) in [5.41, 5.74) is 7.40. The number of hydrogen-bond donors (Lipinski definition) is 1. The number of nitrogens with zero attached hydrogens (tertiary/aromatic N) is 1. The molecule has 2 aromatic rings. The third-order valence-corrected chi connectivity index (χ3v) is 2.48. The second-order valence-electron chi connectivity index (χ2n) is 3.65. The Labute approximate surface area is 93.9 Å². The number of benzene rings is 1. The minimum absolute atomic E-state index is 0.217. The lowest BCUT2D eigenvalue weighted by Crippen LogP contribution is -2.14. The maximum Gasteiger partial charge on any atom is 0.144 e. The first-order valence-electron chi connectivity index (χ1n) is 5.17. The zero-order valence-corrected chi connectivity index (χ0v) is 8.81. The zero-order chi connectivity index (χ0) is 11.4. The van der Waals surface area contributed by atoms with Gasteiger partial charge >= 0.3 is 0 Å². The summed E-state index contributed by atoms with van der Waals surface area (Å²) in [7, 11) is 0. The summed E-state index contributed by atoms with van der Waals surface area (Å²) in [5, 5.41) is 0. The van der Waals surface area contributed by atoms with E-state index in [4.69, 9.17) is 5.73 Å². The third kappa shape index (κ3) is 2.44. The van der Waals surface area contributed by atoms with E-state index in [1.54, 1.807) is 12.3 Å². The minimum Gasteiger partial charge on any atom is -0.324 e. The molecule has 0 fully saturated rings. The lowest BCUT2D eigenvalue weighted by atomic mass is 10.0. The quantitative estimate of drug-likeness (QED) is 0.856. The summed E-state index contributed by atoms with van der Waals surface area (Å²) >= 11 is 0. The van der Waals surface area contributed by atoms with Gasteiger partial charge in [-0.2, -0.15) is 0 Å². The van der Waals surface area contributed by atoms with E-state index >= 15 is 0 Å². The van der Waals surface area contributed by atoms with Gasteiger partial charge < -0.3 is 5.73 Å². The van der Waals surface area contributed by atoms with Crippen LogP contribution in [0.2, 0.25) is 0 Å². The SMILES string of the molecule is NC(Cc1ncccc1F)c1ccccc1. The van der Waals surface area contributed by atoms with Crippen LogP contribution in [0.1, 0.15) is 17.3 Å². The van der Waals surface area contributed by atoms with Crippen LogP contribution in [0.15, 0.2) is 48.7 Å². The number of pyridine rings is 1. The summed E-state index contributed by atoms with van der Waals surface area (Å²) in [4.78, 5) is 3.99. The van der Waals surface area contributed by atoms with Gasteiger partial charge in [-0.05, 0) is 17.7 Å². The smallest absolute Gasteiger partial charge is 0.144 e. The molecule has 0 aliphatic rings. The number of halogens is 1. The average molecular weight is 216 g/mol. The molecule has 0 saturated heterocycles. The van der Waals surface area contributed by atoms with E-state index in [0.717, 1.165) is 5.56 Å². The molecule has 3 heteroatoms. The molecule has 0 aliphatic carbocycles. The summed E-state index contributed by atoms with van der Waals surface area (Å²) in [5.74, 6) is -0.297. The van der Waals surface area contributed by atoms with Crippen LogP contribution in [-0.2, 0) is 6.42 Å². The topological polar surface area (TPSA) is 38.9 Å². The average Bonchev–Trinajstić information content (AvgIpc) is 2.33. The molecule has 0 bridgehead atoms. The van der Waals surface area contributed by atoms with Gasteiger partial charge in [0, 0.05) is 18.7 Å². The molecule has 0 spiro atoms. The second-order valence-corrected chi connectivity index (χ2v) is 3.65. The second kappa shape index (κ2) is 4.86. The van der Waals surface area contributed by atoms with E-state index in [0.29, 0.717) is 12.1 Å². The first-order valence-corrected chi connectivity index (χ1v) is 5.17. The van der Waals surface area contributed by atoms with Crippen LogP contribution >= 0.6 is 0 Å². The maximum atomic E-state index is 13.3. The fourth-order valence-electron chi connectivity index (χ4n) is 1.59. The van der Waals surface area contributed by atoms with Gasteiger partial charge in [0.05, 0.1) is 5.69 Å². The summed E-state index contributed by atoms with van der Waals surface area (Å²) in [6, 6.07) is 12.4. The molecule has 1 unspecified atom stereocenters. The molecule has 16 heavy (non-hydrogen) atoms. The van der Waals surface area contributed by atoms with Crippen LogP contribution in [0.25, 0.3) is 0 Å². The number of hydrogen-bond acceptors (Lipinski definition) is 2. The Balaban J connectivity index is 2.14. The molecule has 2 rings (SSSR count). The van der Waals surface area contributed by atoms with Crippen LogP contribution in [0.3, 0.4) is 0 Å². The highest BCUT2D eigenvalue weighted by atomic mass is 19.1. The lowest BCUT2D eigenvalue weighted by Gasteiger charge is -2.11. The van der Waals surface area contributed by atoms with Crippen molar-refractivity contribution < 1.29 is 4.39 Å². The van der Waals surface area contributed by atoms with Crippen LogP contribution in [0.4, 0.5) is 4.39 Å². The third-order valence-electron chi connectivity index (χ3n) is 2.48.